The lowest BCUT2D eigenvalue weighted by molar-refractivity contribution is 0.102. The fourth-order valence-corrected chi connectivity index (χ4v) is 2.59. The summed E-state index contributed by atoms with van der Waals surface area (Å²) in [5.41, 5.74) is 2.73. The number of furan rings is 1. The lowest BCUT2D eigenvalue weighted by Crippen LogP contribution is -2.12. The number of fused-ring (bicyclic) bond motifs is 1. The van der Waals surface area contributed by atoms with E-state index in [-0.39, 0.29) is 5.91 Å². The number of nitrogens with zero attached hydrogens (tertiary/aromatic N) is 2. The van der Waals surface area contributed by atoms with Crippen LogP contribution in [-0.4, -0.2) is 28.2 Å². The van der Waals surface area contributed by atoms with Crippen molar-refractivity contribution in [2.45, 2.75) is 0 Å². The molecule has 7 nitrogen and oxygen atoms in total. The zero-order valence-electron chi connectivity index (χ0n) is 13.3. The molecule has 0 saturated heterocycles. The molecule has 0 saturated carbocycles. The summed E-state index contributed by atoms with van der Waals surface area (Å²) in [6, 6.07) is 10.6. The minimum Gasteiger partial charge on any atom is -0.496 e. The van der Waals surface area contributed by atoms with Crippen LogP contribution in [0.4, 0.5) is 5.82 Å². The molecule has 0 bridgehead atoms. The van der Waals surface area contributed by atoms with Crippen LogP contribution in [0.3, 0.4) is 0 Å². The molecule has 0 atom stereocenters. The van der Waals surface area contributed by atoms with Gasteiger partial charge in [-0.05, 0) is 30.3 Å². The minimum atomic E-state index is -0.302. The number of carbonyl (C=O) groups is 1. The molecule has 4 rings (SSSR count). The van der Waals surface area contributed by atoms with E-state index >= 15 is 0 Å². The SMILES string of the molecule is COc1cc(C(=O)Nc2cc(-c3ccncc3)[nH]n2)cc2occc12. The van der Waals surface area contributed by atoms with Crippen LogP contribution in [-0.2, 0) is 0 Å². The highest BCUT2D eigenvalue weighted by Gasteiger charge is 2.14. The number of methoxy groups -OCH3 is 1. The molecule has 0 aliphatic carbocycles. The molecule has 124 valence electrons. The second-order valence-electron chi connectivity index (χ2n) is 5.37. The van der Waals surface area contributed by atoms with Gasteiger partial charge in [-0.1, -0.05) is 0 Å². The van der Waals surface area contributed by atoms with Gasteiger partial charge in [0.05, 0.1) is 24.5 Å². The predicted molar refractivity (Wildman–Crippen MR) is 92.5 cm³/mol. The third-order valence-corrected chi connectivity index (χ3v) is 3.83. The van der Waals surface area contributed by atoms with E-state index < -0.39 is 0 Å². The lowest BCUT2D eigenvalue weighted by Gasteiger charge is -2.06. The quantitative estimate of drug-likeness (QED) is 0.596. The summed E-state index contributed by atoms with van der Waals surface area (Å²) in [6.45, 7) is 0. The first-order valence-corrected chi connectivity index (χ1v) is 7.57. The average Bonchev–Trinajstić information content (AvgIpc) is 3.30. The molecule has 0 aliphatic rings. The van der Waals surface area contributed by atoms with Gasteiger partial charge in [-0.3, -0.25) is 14.9 Å². The van der Waals surface area contributed by atoms with E-state index in [1.807, 2.05) is 12.1 Å². The third-order valence-electron chi connectivity index (χ3n) is 3.83. The highest BCUT2D eigenvalue weighted by atomic mass is 16.5. The number of amides is 1. The Morgan fingerprint density at radius 3 is 2.84 bits per heavy atom. The summed E-state index contributed by atoms with van der Waals surface area (Å²) in [6.07, 6.45) is 4.95. The van der Waals surface area contributed by atoms with E-state index in [9.17, 15) is 4.79 Å². The molecule has 0 aliphatic heterocycles. The van der Waals surface area contributed by atoms with Crippen LogP contribution in [0.5, 0.6) is 5.75 Å². The molecule has 25 heavy (non-hydrogen) atoms. The second kappa shape index (κ2) is 6.12. The van der Waals surface area contributed by atoms with Crippen LogP contribution in [0.1, 0.15) is 10.4 Å². The van der Waals surface area contributed by atoms with Crippen molar-refractivity contribution in [1.82, 2.24) is 15.2 Å². The maximum Gasteiger partial charge on any atom is 0.257 e. The van der Waals surface area contributed by atoms with Crippen molar-refractivity contribution < 1.29 is 13.9 Å². The van der Waals surface area contributed by atoms with Crippen molar-refractivity contribution in [1.29, 1.82) is 0 Å². The number of nitrogens with one attached hydrogen (secondary N) is 2. The molecular formula is C18H14N4O3. The molecule has 0 unspecified atom stereocenters. The van der Waals surface area contributed by atoms with Gasteiger partial charge in [-0.15, -0.1) is 0 Å². The topological polar surface area (TPSA) is 93.0 Å². The number of benzene rings is 1. The summed E-state index contributed by atoms with van der Waals surface area (Å²) >= 11 is 0. The standard InChI is InChI=1S/C18H14N4O3/c1-24-15-8-12(9-16-13(15)4-7-25-16)18(23)20-17-10-14(21-22-17)11-2-5-19-6-3-11/h2-10H,1H3,(H2,20,21,22,23). The van der Waals surface area contributed by atoms with Gasteiger partial charge in [0.15, 0.2) is 5.82 Å². The summed E-state index contributed by atoms with van der Waals surface area (Å²) in [5, 5.41) is 10.6. The molecule has 2 N–H and O–H groups in total. The molecular weight excluding hydrogens is 320 g/mol. The van der Waals surface area contributed by atoms with Crippen molar-refractivity contribution in [3.63, 3.8) is 0 Å². The number of hydrogen-bond donors (Lipinski definition) is 2. The van der Waals surface area contributed by atoms with Crippen molar-refractivity contribution >= 4 is 22.7 Å². The fourth-order valence-electron chi connectivity index (χ4n) is 2.59. The van der Waals surface area contributed by atoms with E-state index in [4.69, 9.17) is 9.15 Å². The molecule has 0 fully saturated rings. The summed E-state index contributed by atoms with van der Waals surface area (Å²) in [5.74, 6) is 0.704. The van der Waals surface area contributed by atoms with E-state index in [1.165, 1.54) is 0 Å². The van der Waals surface area contributed by atoms with E-state index in [0.717, 1.165) is 16.6 Å². The minimum absolute atomic E-state index is 0.302. The first kappa shape index (κ1) is 14.9. The molecule has 0 spiro atoms. The number of H-pyrrole nitrogens is 1. The number of hydrogen-bond acceptors (Lipinski definition) is 5. The first-order valence-electron chi connectivity index (χ1n) is 7.57. The Balaban J connectivity index is 1.59. The second-order valence-corrected chi connectivity index (χ2v) is 5.37. The highest BCUT2D eigenvalue weighted by Crippen LogP contribution is 2.29. The van der Waals surface area contributed by atoms with E-state index in [2.05, 4.69) is 20.5 Å². The number of ether oxygens (including phenoxy) is 1. The molecule has 1 aromatic carbocycles. The molecule has 0 radical (unpaired) electrons. The van der Waals surface area contributed by atoms with Crippen LogP contribution in [0.2, 0.25) is 0 Å². The fraction of sp³-hybridized carbons (Fsp3) is 0.0556. The Bertz CT molecular complexity index is 1040. The van der Waals surface area contributed by atoms with Crippen molar-refractivity contribution in [2.75, 3.05) is 12.4 Å². The van der Waals surface area contributed by atoms with Gasteiger partial charge in [0, 0.05) is 29.6 Å². The lowest BCUT2D eigenvalue weighted by atomic mass is 10.1. The summed E-state index contributed by atoms with van der Waals surface area (Å²) < 4.78 is 10.7. The normalized spacial score (nSPS) is 10.8. The van der Waals surface area contributed by atoms with Gasteiger partial charge in [-0.2, -0.15) is 5.10 Å². The Hall–Kier alpha value is -3.61. The smallest absolute Gasteiger partial charge is 0.257 e. The van der Waals surface area contributed by atoms with E-state index in [0.29, 0.717) is 22.7 Å². The first-order chi connectivity index (χ1) is 12.2. The Kier molecular flexibility index (Phi) is 3.66. The number of carbonyl (C=O) groups excluding carboxylic acids is 1. The zero-order valence-corrected chi connectivity index (χ0v) is 13.3. The highest BCUT2D eigenvalue weighted by molar-refractivity contribution is 6.06. The third kappa shape index (κ3) is 2.83. The van der Waals surface area contributed by atoms with Crippen molar-refractivity contribution in [3.05, 3.63) is 60.6 Å². The van der Waals surface area contributed by atoms with Crippen LogP contribution < -0.4 is 10.1 Å². The van der Waals surface area contributed by atoms with Crippen molar-refractivity contribution in [3.8, 4) is 17.0 Å². The van der Waals surface area contributed by atoms with Crippen LogP contribution >= 0.6 is 0 Å². The van der Waals surface area contributed by atoms with Gasteiger partial charge in [0.25, 0.3) is 5.91 Å². The largest absolute Gasteiger partial charge is 0.496 e. The number of pyridine rings is 1. The maximum absolute atomic E-state index is 12.5. The Morgan fingerprint density at radius 1 is 1.20 bits per heavy atom. The van der Waals surface area contributed by atoms with Crippen LogP contribution in [0.25, 0.3) is 22.2 Å². The van der Waals surface area contributed by atoms with Gasteiger partial charge in [0.1, 0.15) is 11.3 Å². The van der Waals surface area contributed by atoms with E-state index in [1.54, 1.807) is 50.0 Å². The Labute approximate surface area is 142 Å². The molecule has 4 aromatic rings. The molecule has 7 heteroatoms. The monoisotopic (exact) mass is 334 g/mol. The number of aromatic nitrogens is 3. The molecule has 1 amide bonds. The summed E-state index contributed by atoms with van der Waals surface area (Å²) in [4.78, 5) is 16.5. The summed E-state index contributed by atoms with van der Waals surface area (Å²) in [7, 11) is 1.55. The van der Waals surface area contributed by atoms with Crippen LogP contribution in [0, 0.1) is 0 Å². The maximum atomic E-state index is 12.5. The predicted octanol–water partition coefficient (Wildman–Crippen LogP) is 3.48. The molecule has 3 heterocycles. The van der Waals surface area contributed by atoms with Gasteiger partial charge >= 0.3 is 0 Å². The zero-order chi connectivity index (χ0) is 17.2. The van der Waals surface area contributed by atoms with Crippen LogP contribution in [0.15, 0.2) is 59.5 Å². The number of rotatable bonds is 4. The number of aromatic amines is 1. The molecule has 3 aromatic heterocycles. The van der Waals surface area contributed by atoms with Gasteiger partial charge in [0.2, 0.25) is 0 Å². The van der Waals surface area contributed by atoms with Crippen molar-refractivity contribution in [2.24, 2.45) is 0 Å². The van der Waals surface area contributed by atoms with Gasteiger partial charge in [-0.25, -0.2) is 0 Å². The Morgan fingerprint density at radius 2 is 2.04 bits per heavy atom. The number of anilines is 1. The van der Waals surface area contributed by atoms with Gasteiger partial charge < -0.3 is 14.5 Å². The average molecular weight is 334 g/mol.